The second-order valence-electron chi connectivity index (χ2n) is 7.35. The van der Waals surface area contributed by atoms with Gasteiger partial charge < -0.3 is 4.74 Å². The van der Waals surface area contributed by atoms with Gasteiger partial charge in [0.05, 0.1) is 29.3 Å². The quantitative estimate of drug-likeness (QED) is 0.511. The van der Waals surface area contributed by atoms with Gasteiger partial charge in [0.1, 0.15) is 0 Å². The van der Waals surface area contributed by atoms with Crippen molar-refractivity contribution in [2.24, 2.45) is 0 Å². The number of anilines is 1. The minimum atomic E-state index is 0.0700. The molecule has 4 nitrogen and oxygen atoms in total. The number of hydrogen-bond donors (Lipinski definition) is 0. The Bertz CT molecular complexity index is 1010. The average Bonchev–Trinajstić information content (AvgIpc) is 3.30. The first kappa shape index (κ1) is 19.6. The van der Waals surface area contributed by atoms with E-state index in [0.717, 1.165) is 50.4 Å². The molecule has 1 atom stereocenters. The van der Waals surface area contributed by atoms with Crippen molar-refractivity contribution in [3.05, 3.63) is 57.6 Å². The fourth-order valence-corrected chi connectivity index (χ4v) is 5.13. The molecule has 146 valence electrons. The Balaban J connectivity index is 1.64. The lowest BCUT2D eigenvalue weighted by Crippen LogP contribution is -2.38. The SMILES string of the molecule is Cc1ccc(CC(=O)N(CC2CCCO2)c2nc3ccc(Br)cc3s2)c(C)c1. The van der Waals surface area contributed by atoms with E-state index in [1.54, 1.807) is 11.3 Å². The van der Waals surface area contributed by atoms with Crippen LogP contribution in [0.4, 0.5) is 5.13 Å². The molecule has 0 bridgehead atoms. The van der Waals surface area contributed by atoms with Gasteiger partial charge in [-0.05, 0) is 56.0 Å². The molecule has 0 spiro atoms. The topological polar surface area (TPSA) is 42.4 Å². The molecule has 0 aliphatic carbocycles. The van der Waals surface area contributed by atoms with Crippen molar-refractivity contribution in [1.29, 1.82) is 0 Å². The second kappa shape index (κ2) is 8.31. The van der Waals surface area contributed by atoms with E-state index in [9.17, 15) is 4.79 Å². The van der Waals surface area contributed by atoms with Gasteiger partial charge in [-0.25, -0.2) is 4.98 Å². The molecule has 3 aromatic rings. The number of carbonyl (C=O) groups excluding carboxylic acids is 1. The highest BCUT2D eigenvalue weighted by molar-refractivity contribution is 9.10. The van der Waals surface area contributed by atoms with Gasteiger partial charge in [-0.2, -0.15) is 0 Å². The summed E-state index contributed by atoms with van der Waals surface area (Å²) in [6, 6.07) is 12.3. The second-order valence-corrected chi connectivity index (χ2v) is 9.28. The maximum absolute atomic E-state index is 13.3. The first-order chi connectivity index (χ1) is 13.5. The first-order valence-electron chi connectivity index (χ1n) is 9.54. The lowest BCUT2D eigenvalue weighted by atomic mass is 10.0. The zero-order chi connectivity index (χ0) is 19.7. The van der Waals surface area contributed by atoms with Crippen molar-refractivity contribution in [2.45, 2.75) is 39.2 Å². The molecule has 0 N–H and O–H groups in total. The van der Waals surface area contributed by atoms with Crippen LogP contribution in [0.3, 0.4) is 0 Å². The van der Waals surface area contributed by atoms with E-state index in [2.05, 4.69) is 54.0 Å². The molecule has 1 aromatic heterocycles. The minimum Gasteiger partial charge on any atom is -0.376 e. The molecule has 2 aromatic carbocycles. The number of fused-ring (bicyclic) bond motifs is 1. The molecule has 28 heavy (non-hydrogen) atoms. The molecule has 1 fully saturated rings. The number of hydrogen-bond acceptors (Lipinski definition) is 4. The molecule has 1 aliphatic heterocycles. The fraction of sp³-hybridized carbons (Fsp3) is 0.364. The van der Waals surface area contributed by atoms with Gasteiger partial charge in [0, 0.05) is 11.1 Å². The van der Waals surface area contributed by atoms with E-state index in [0.29, 0.717) is 13.0 Å². The number of carbonyl (C=O) groups is 1. The maximum atomic E-state index is 13.3. The molecule has 6 heteroatoms. The van der Waals surface area contributed by atoms with Crippen LogP contribution in [0.15, 0.2) is 40.9 Å². The third-order valence-corrected chi connectivity index (χ3v) is 6.66. The Kier molecular flexibility index (Phi) is 5.80. The van der Waals surface area contributed by atoms with Gasteiger partial charge in [0.25, 0.3) is 0 Å². The number of amides is 1. The van der Waals surface area contributed by atoms with Crippen LogP contribution in [0, 0.1) is 13.8 Å². The Morgan fingerprint density at radius 1 is 1.29 bits per heavy atom. The highest BCUT2D eigenvalue weighted by Gasteiger charge is 2.26. The van der Waals surface area contributed by atoms with E-state index in [1.807, 2.05) is 17.0 Å². The summed E-state index contributed by atoms with van der Waals surface area (Å²) in [5.74, 6) is 0.0700. The van der Waals surface area contributed by atoms with Crippen molar-refractivity contribution >= 4 is 48.5 Å². The number of halogens is 1. The summed E-state index contributed by atoms with van der Waals surface area (Å²) < 4.78 is 7.90. The molecule has 0 saturated carbocycles. The fourth-order valence-electron chi connectivity index (χ4n) is 3.58. The van der Waals surface area contributed by atoms with Crippen LogP contribution in [-0.2, 0) is 16.0 Å². The molecule has 4 rings (SSSR count). The summed E-state index contributed by atoms with van der Waals surface area (Å²) in [5.41, 5.74) is 4.34. The summed E-state index contributed by atoms with van der Waals surface area (Å²) >= 11 is 5.07. The molecule has 1 unspecified atom stereocenters. The number of ether oxygens (including phenoxy) is 1. The van der Waals surface area contributed by atoms with E-state index in [4.69, 9.17) is 9.72 Å². The van der Waals surface area contributed by atoms with Crippen LogP contribution in [0.2, 0.25) is 0 Å². The lowest BCUT2D eigenvalue weighted by Gasteiger charge is -2.23. The minimum absolute atomic E-state index is 0.0700. The van der Waals surface area contributed by atoms with E-state index in [1.165, 1.54) is 5.56 Å². The van der Waals surface area contributed by atoms with Gasteiger partial charge in [-0.1, -0.05) is 51.0 Å². The van der Waals surface area contributed by atoms with Crippen molar-refractivity contribution < 1.29 is 9.53 Å². The Labute approximate surface area is 177 Å². The highest BCUT2D eigenvalue weighted by Crippen LogP contribution is 2.32. The van der Waals surface area contributed by atoms with Crippen LogP contribution in [-0.4, -0.2) is 30.1 Å². The zero-order valence-electron chi connectivity index (χ0n) is 16.1. The van der Waals surface area contributed by atoms with Crippen LogP contribution < -0.4 is 4.90 Å². The van der Waals surface area contributed by atoms with Crippen molar-refractivity contribution in [3.63, 3.8) is 0 Å². The number of aryl methyl sites for hydroxylation is 2. The van der Waals surface area contributed by atoms with Crippen LogP contribution in [0.25, 0.3) is 10.2 Å². The number of thiazole rings is 1. The summed E-state index contributed by atoms with van der Waals surface area (Å²) in [7, 11) is 0. The van der Waals surface area contributed by atoms with Gasteiger partial charge in [0.2, 0.25) is 5.91 Å². The smallest absolute Gasteiger partial charge is 0.233 e. The van der Waals surface area contributed by atoms with Crippen molar-refractivity contribution in [3.8, 4) is 0 Å². The van der Waals surface area contributed by atoms with Gasteiger partial charge in [-0.15, -0.1) is 0 Å². The normalized spacial score (nSPS) is 16.6. The number of benzene rings is 2. The predicted octanol–water partition coefficient (Wildman–Crippen LogP) is 5.43. The standard InChI is InChI=1S/C22H23BrN2O2S/c1-14-5-6-16(15(2)10-14)11-21(26)25(13-18-4-3-9-27-18)22-24-19-8-7-17(23)12-20(19)28-22/h5-8,10,12,18H,3-4,9,11,13H2,1-2H3. The first-order valence-corrected chi connectivity index (χ1v) is 11.1. The van der Waals surface area contributed by atoms with Crippen molar-refractivity contribution in [1.82, 2.24) is 4.98 Å². The largest absolute Gasteiger partial charge is 0.376 e. The third kappa shape index (κ3) is 4.29. The molecule has 2 heterocycles. The maximum Gasteiger partial charge on any atom is 0.233 e. The van der Waals surface area contributed by atoms with E-state index in [-0.39, 0.29) is 12.0 Å². The van der Waals surface area contributed by atoms with E-state index < -0.39 is 0 Å². The average molecular weight is 459 g/mol. The molecule has 1 saturated heterocycles. The molecule has 0 radical (unpaired) electrons. The zero-order valence-corrected chi connectivity index (χ0v) is 18.5. The number of rotatable bonds is 5. The van der Waals surface area contributed by atoms with Gasteiger partial charge >= 0.3 is 0 Å². The molecular formula is C22H23BrN2O2S. The van der Waals surface area contributed by atoms with Gasteiger partial charge in [-0.3, -0.25) is 9.69 Å². The number of aromatic nitrogens is 1. The van der Waals surface area contributed by atoms with Crippen LogP contribution in [0.1, 0.15) is 29.5 Å². The van der Waals surface area contributed by atoms with Crippen LogP contribution >= 0.6 is 27.3 Å². The Morgan fingerprint density at radius 2 is 2.14 bits per heavy atom. The summed E-state index contributed by atoms with van der Waals surface area (Å²) in [6.07, 6.45) is 2.50. The third-order valence-electron chi connectivity index (χ3n) is 5.12. The highest BCUT2D eigenvalue weighted by atomic mass is 79.9. The van der Waals surface area contributed by atoms with E-state index >= 15 is 0 Å². The molecular weight excluding hydrogens is 436 g/mol. The van der Waals surface area contributed by atoms with Crippen LogP contribution in [0.5, 0.6) is 0 Å². The monoisotopic (exact) mass is 458 g/mol. The number of nitrogens with zero attached hydrogens (tertiary/aromatic N) is 2. The Morgan fingerprint density at radius 3 is 2.89 bits per heavy atom. The van der Waals surface area contributed by atoms with Gasteiger partial charge in [0.15, 0.2) is 5.13 Å². The summed E-state index contributed by atoms with van der Waals surface area (Å²) in [4.78, 5) is 19.9. The summed E-state index contributed by atoms with van der Waals surface area (Å²) in [6.45, 7) is 5.47. The Hall–Kier alpha value is -1.76. The molecule has 1 aliphatic rings. The molecule has 1 amide bonds. The van der Waals surface area contributed by atoms with Crippen molar-refractivity contribution in [2.75, 3.05) is 18.1 Å². The summed E-state index contributed by atoms with van der Waals surface area (Å²) in [5, 5.41) is 0.748. The predicted molar refractivity (Wildman–Crippen MR) is 118 cm³/mol. The lowest BCUT2D eigenvalue weighted by molar-refractivity contribution is -0.118.